The summed E-state index contributed by atoms with van der Waals surface area (Å²) in [6, 6.07) is 29.6. The second kappa shape index (κ2) is 9.25. The van der Waals surface area contributed by atoms with Crippen LogP contribution in [0.4, 0.5) is 0 Å². The van der Waals surface area contributed by atoms with Crippen LogP contribution in [-0.4, -0.2) is 23.0 Å². The summed E-state index contributed by atoms with van der Waals surface area (Å²) in [5.74, 6) is 0.938. The Morgan fingerprint density at radius 3 is 2.00 bits per heavy atom. The maximum absolute atomic E-state index is 6.05. The van der Waals surface area contributed by atoms with Gasteiger partial charge in [-0.3, -0.25) is 4.90 Å². The molecule has 4 rings (SSSR count). The summed E-state index contributed by atoms with van der Waals surface area (Å²) in [6.45, 7) is 3.60. The van der Waals surface area contributed by atoms with Crippen LogP contribution in [0.2, 0.25) is 0 Å². The predicted octanol–water partition coefficient (Wildman–Crippen LogP) is 5.64. The molecule has 0 aliphatic rings. The number of H-pyrrole nitrogens is 1. The third-order valence-corrected chi connectivity index (χ3v) is 4.93. The van der Waals surface area contributed by atoms with Gasteiger partial charge in [0.15, 0.2) is 0 Å². The first kappa shape index (κ1) is 18.3. The van der Waals surface area contributed by atoms with E-state index in [0.717, 1.165) is 42.7 Å². The predicted molar refractivity (Wildman–Crippen MR) is 115 cm³/mol. The molecular weight excluding hydrogens is 344 g/mol. The normalized spacial score (nSPS) is 11.2. The van der Waals surface area contributed by atoms with Crippen LogP contribution in [0, 0.1) is 0 Å². The van der Waals surface area contributed by atoms with Crippen LogP contribution in [0.5, 0.6) is 5.75 Å². The van der Waals surface area contributed by atoms with Crippen LogP contribution in [0.25, 0.3) is 10.9 Å². The molecule has 0 amide bonds. The van der Waals surface area contributed by atoms with Gasteiger partial charge in [-0.25, -0.2) is 0 Å². The third kappa shape index (κ3) is 4.81. The molecule has 0 atom stereocenters. The number of benzene rings is 3. The Kier molecular flexibility index (Phi) is 6.05. The van der Waals surface area contributed by atoms with Crippen molar-refractivity contribution in [1.82, 2.24) is 9.88 Å². The molecule has 1 N–H and O–H groups in total. The Morgan fingerprint density at radius 2 is 1.32 bits per heavy atom. The highest BCUT2D eigenvalue weighted by molar-refractivity contribution is 5.85. The quantitative estimate of drug-likeness (QED) is 0.386. The molecule has 0 aliphatic heterocycles. The number of aromatic amines is 1. The number of hydrogen-bond acceptors (Lipinski definition) is 2. The molecule has 4 aromatic rings. The van der Waals surface area contributed by atoms with Crippen molar-refractivity contribution >= 4 is 10.9 Å². The fourth-order valence-corrected chi connectivity index (χ4v) is 3.53. The van der Waals surface area contributed by atoms with Crippen LogP contribution < -0.4 is 4.74 Å². The Morgan fingerprint density at radius 1 is 0.714 bits per heavy atom. The largest absolute Gasteiger partial charge is 0.491 e. The highest BCUT2D eigenvalue weighted by Gasteiger charge is 2.08. The van der Waals surface area contributed by atoms with Crippen LogP contribution in [0.3, 0.4) is 0 Å². The standard InChI is InChI=1S/C25H26N2O/c1-3-10-21(11-4-1)19-27(20-22-12-5-2-6-13-22)16-9-17-28-25-18-26-24-15-8-7-14-23(24)25/h1-8,10-15,18,26H,9,16-17,19-20H2. The van der Waals surface area contributed by atoms with E-state index in [2.05, 4.69) is 82.7 Å². The lowest BCUT2D eigenvalue weighted by atomic mass is 10.1. The van der Waals surface area contributed by atoms with E-state index in [-0.39, 0.29) is 0 Å². The maximum atomic E-state index is 6.05. The molecule has 0 saturated heterocycles. The Hall–Kier alpha value is -3.04. The molecule has 1 aromatic heterocycles. The molecule has 28 heavy (non-hydrogen) atoms. The van der Waals surface area contributed by atoms with Gasteiger partial charge in [0.2, 0.25) is 0 Å². The average Bonchev–Trinajstić information content (AvgIpc) is 3.16. The van der Waals surface area contributed by atoms with Crippen molar-refractivity contribution in [3.8, 4) is 5.75 Å². The summed E-state index contributed by atoms with van der Waals surface area (Å²) < 4.78 is 6.05. The van der Waals surface area contributed by atoms with E-state index in [1.54, 1.807) is 0 Å². The minimum atomic E-state index is 0.710. The van der Waals surface area contributed by atoms with E-state index in [4.69, 9.17) is 4.74 Å². The zero-order valence-electron chi connectivity index (χ0n) is 16.1. The Labute approximate surface area is 166 Å². The number of nitrogens with zero attached hydrogens (tertiary/aromatic N) is 1. The van der Waals surface area contributed by atoms with E-state index < -0.39 is 0 Å². The van der Waals surface area contributed by atoms with E-state index in [0.29, 0.717) is 6.61 Å². The second-order valence-corrected chi connectivity index (χ2v) is 7.08. The van der Waals surface area contributed by atoms with E-state index in [1.165, 1.54) is 11.1 Å². The van der Waals surface area contributed by atoms with Crippen molar-refractivity contribution in [1.29, 1.82) is 0 Å². The number of hydrogen-bond donors (Lipinski definition) is 1. The topological polar surface area (TPSA) is 28.3 Å². The Balaban J connectivity index is 1.35. The van der Waals surface area contributed by atoms with Gasteiger partial charge in [0.1, 0.15) is 5.75 Å². The molecule has 1 heterocycles. The van der Waals surface area contributed by atoms with Crippen molar-refractivity contribution in [3.63, 3.8) is 0 Å². The van der Waals surface area contributed by atoms with Gasteiger partial charge in [-0.2, -0.15) is 0 Å². The van der Waals surface area contributed by atoms with Crippen molar-refractivity contribution < 1.29 is 4.74 Å². The highest BCUT2D eigenvalue weighted by atomic mass is 16.5. The summed E-state index contributed by atoms with van der Waals surface area (Å²) in [5.41, 5.74) is 3.80. The molecule has 0 saturated carbocycles. The van der Waals surface area contributed by atoms with Gasteiger partial charge in [0, 0.05) is 36.7 Å². The van der Waals surface area contributed by atoms with Gasteiger partial charge < -0.3 is 9.72 Å². The minimum absolute atomic E-state index is 0.710. The number of nitrogens with one attached hydrogen (secondary N) is 1. The summed E-state index contributed by atoms with van der Waals surface area (Å²) in [6.07, 6.45) is 2.94. The van der Waals surface area contributed by atoms with Crippen molar-refractivity contribution in [3.05, 3.63) is 102 Å². The molecule has 0 radical (unpaired) electrons. The van der Waals surface area contributed by atoms with E-state index in [1.807, 2.05) is 18.3 Å². The molecule has 3 heteroatoms. The van der Waals surface area contributed by atoms with Crippen molar-refractivity contribution in [2.75, 3.05) is 13.2 Å². The molecule has 142 valence electrons. The smallest absolute Gasteiger partial charge is 0.144 e. The van der Waals surface area contributed by atoms with Crippen LogP contribution >= 0.6 is 0 Å². The summed E-state index contributed by atoms with van der Waals surface area (Å²) in [7, 11) is 0. The number of aromatic nitrogens is 1. The van der Waals surface area contributed by atoms with E-state index >= 15 is 0 Å². The first-order valence-electron chi connectivity index (χ1n) is 9.87. The molecule has 0 fully saturated rings. The number of ether oxygens (including phenoxy) is 1. The van der Waals surface area contributed by atoms with Crippen LogP contribution in [0.1, 0.15) is 17.5 Å². The first-order chi connectivity index (χ1) is 13.9. The Bertz CT molecular complexity index is 938. The van der Waals surface area contributed by atoms with Gasteiger partial charge in [-0.15, -0.1) is 0 Å². The number of fused-ring (bicyclic) bond motifs is 1. The maximum Gasteiger partial charge on any atom is 0.144 e. The molecule has 3 nitrogen and oxygen atoms in total. The summed E-state index contributed by atoms with van der Waals surface area (Å²) >= 11 is 0. The average molecular weight is 370 g/mol. The molecule has 0 unspecified atom stereocenters. The fourth-order valence-electron chi connectivity index (χ4n) is 3.53. The SMILES string of the molecule is c1ccc(CN(CCCOc2c[nH]c3ccccc23)Cc2ccccc2)cc1. The van der Waals surface area contributed by atoms with Crippen LogP contribution in [-0.2, 0) is 13.1 Å². The minimum Gasteiger partial charge on any atom is -0.491 e. The lowest BCUT2D eigenvalue weighted by Gasteiger charge is -2.22. The lowest BCUT2D eigenvalue weighted by Crippen LogP contribution is -2.25. The molecule has 3 aromatic carbocycles. The van der Waals surface area contributed by atoms with Crippen molar-refractivity contribution in [2.45, 2.75) is 19.5 Å². The summed E-state index contributed by atoms with van der Waals surface area (Å²) in [5, 5.41) is 1.15. The third-order valence-electron chi connectivity index (χ3n) is 4.93. The first-order valence-corrected chi connectivity index (χ1v) is 9.87. The number of rotatable bonds is 9. The summed E-state index contributed by atoms with van der Waals surface area (Å²) in [4.78, 5) is 5.76. The van der Waals surface area contributed by atoms with E-state index in [9.17, 15) is 0 Å². The van der Waals surface area contributed by atoms with Gasteiger partial charge in [-0.1, -0.05) is 72.8 Å². The molecule has 0 bridgehead atoms. The van der Waals surface area contributed by atoms with Gasteiger partial charge in [0.05, 0.1) is 6.61 Å². The van der Waals surface area contributed by atoms with Gasteiger partial charge >= 0.3 is 0 Å². The zero-order chi connectivity index (χ0) is 19.0. The highest BCUT2D eigenvalue weighted by Crippen LogP contribution is 2.24. The van der Waals surface area contributed by atoms with Gasteiger partial charge in [0.25, 0.3) is 0 Å². The molecule has 0 spiro atoms. The monoisotopic (exact) mass is 370 g/mol. The second-order valence-electron chi connectivity index (χ2n) is 7.08. The fraction of sp³-hybridized carbons (Fsp3) is 0.200. The molecular formula is C25H26N2O. The van der Waals surface area contributed by atoms with Crippen LogP contribution in [0.15, 0.2) is 91.1 Å². The number of para-hydroxylation sites is 1. The zero-order valence-corrected chi connectivity index (χ0v) is 16.1. The van der Waals surface area contributed by atoms with Gasteiger partial charge in [-0.05, 0) is 29.7 Å². The lowest BCUT2D eigenvalue weighted by molar-refractivity contribution is 0.222. The molecule has 0 aliphatic carbocycles. The van der Waals surface area contributed by atoms with Crippen molar-refractivity contribution in [2.24, 2.45) is 0 Å².